The van der Waals surface area contributed by atoms with Gasteiger partial charge >= 0.3 is 0 Å². The standard InChI is InChI=1S/C14H28N2/c1-4-11(5-2)10-16(3)14-8-12-6-7-13(9-14)15-12/h11-15H,4-10H2,1-3H3. The lowest BCUT2D eigenvalue weighted by Crippen LogP contribution is -2.47. The lowest BCUT2D eigenvalue weighted by Gasteiger charge is -2.37. The van der Waals surface area contributed by atoms with E-state index in [1.54, 1.807) is 0 Å². The van der Waals surface area contributed by atoms with E-state index in [0.29, 0.717) is 0 Å². The van der Waals surface area contributed by atoms with Gasteiger partial charge in [0.25, 0.3) is 0 Å². The van der Waals surface area contributed by atoms with Crippen LogP contribution in [0.15, 0.2) is 0 Å². The zero-order valence-electron chi connectivity index (χ0n) is 11.2. The van der Waals surface area contributed by atoms with Gasteiger partial charge in [0.2, 0.25) is 0 Å². The van der Waals surface area contributed by atoms with E-state index in [0.717, 1.165) is 24.0 Å². The van der Waals surface area contributed by atoms with E-state index in [-0.39, 0.29) is 0 Å². The van der Waals surface area contributed by atoms with Crippen LogP contribution in [0.2, 0.25) is 0 Å². The SMILES string of the molecule is CCC(CC)CN(C)C1CC2CCC(C1)N2. The predicted octanol–water partition coefficient (Wildman–Crippen LogP) is 2.64. The van der Waals surface area contributed by atoms with Crippen LogP contribution in [0, 0.1) is 5.92 Å². The van der Waals surface area contributed by atoms with E-state index < -0.39 is 0 Å². The zero-order chi connectivity index (χ0) is 11.5. The molecule has 2 nitrogen and oxygen atoms in total. The third-order valence-corrected chi connectivity index (χ3v) is 4.77. The first-order chi connectivity index (χ1) is 7.72. The molecule has 0 radical (unpaired) electrons. The van der Waals surface area contributed by atoms with Crippen LogP contribution in [0.25, 0.3) is 0 Å². The minimum atomic E-state index is 0.827. The number of nitrogens with one attached hydrogen (secondary N) is 1. The highest BCUT2D eigenvalue weighted by molar-refractivity contribution is 4.95. The van der Waals surface area contributed by atoms with Gasteiger partial charge in [0, 0.05) is 24.7 Å². The molecule has 2 aliphatic heterocycles. The van der Waals surface area contributed by atoms with Gasteiger partial charge in [-0.2, -0.15) is 0 Å². The van der Waals surface area contributed by atoms with Crippen LogP contribution < -0.4 is 5.32 Å². The Morgan fingerprint density at radius 2 is 1.69 bits per heavy atom. The van der Waals surface area contributed by atoms with Gasteiger partial charge in [-0.25, -0.2) is 0 Å². The Labute approximate surface area is 101 Å². The Morgan fingerprint density at radius 1 is 1.12 bits per heavy atom. The second-order valence-electron chi connectivity index (χ2n) is 5.89. The van der Waals surface area contributed by atoms with Crippen molar-refractivity contribution in [3.63, 3.8) is 0 Å². The Kier molecular flexibility index (Phi) is 4.26. The Bertz CT molecular complexity index is 201. The topological polar surface area (TPSA) is 15.3 Å². The summed E-state index contributed by atoms with van der Waals surface area (Å²) in [6.07, 6.45) is 8.26. The highest BCUT2D eigenvalue weighted by Gasteiger charge is 2.35. The van der Waals surface area contributed by atoms with Crippen LogP contribution in [-0.4, -0.2) is 36.6 Å². The molecule has 0 aromatic carbocycles. The summed E-state index contributed by atoms with van der Waals surface area (Å²) in [4.78, 5) is 2.64. The minimum Gasteiger partial charge on any atom is -0.311 e. The average Bonchev–Trinajstić information content (AvgIpc) is 2.64. The normalized spacial score (nSPS) is 33.9. The quantitative estimate of drug-likeness (QED) is 0.772. The Hall–Kier alpha value is -0.0800. The number of rotatable bonds is 5. The average molecular weight is 224 g/mol. The summed E-state index contributed by atoms with van der Waals surface area (Å²) in [7, 11) is 2.34. The smallest absolute Gasteiger partial charge is 0.0122 e. The molecule has 2 atom stereocenters. The molecule has 2 bridgehead atoms. The van der Waals surface area contributed by atoms with Crippen LogP contribution in [0.4, 0.5) is 0 Å². The molecule has 94 valence electrons. The maximum Gasteiger partial charge on any atom is 0.0122 e. The number of hydrogen-bond acceptors (Lipinski definition) is 2. The highest BCUT2D eigenvalue weighted by atomic mass is 15.2. The summed E-state index contributed by atoms with van der Waals surface area (Å²) in [6, 6.07) is 2.50. The second-order valence-corrected chi connectivity index (χ2v) is 5.89. The molecule has 2 unspecified atom stereocenters. The van der Waals surface area contributed by atoms with E-state index in [9.17, 15) is 0 Å². The van der Waals surface area contributed by atoms with E-state index in [1.807, 2.05) is 0 Å². The van der Waals surface area contributed by atoms with Crippen molar-refractivity contribution in [1.82, 2.24) is 10.2 Å². The highest BCUT2D eigenvalue weighted by Crippen LogP contribution is 2.29. The fourth-order valence-corrected chi connectivity index (χ4v) is 3.49. The van der Waals surface area contributed by atoms with E-state index in [2.05, 4.69) is 31.1 Å². The largest absolute Gasteiger partial charge is 0.311 e. The molecule has 0 saturated carbocycles. The van der Waals surface area contributed by atoms with Crippen molar-refractivity contribution in [2.45, 2.75) is 70.5 Å². The summed E-state index contributed by atoms with van der Waals surface area (Å²) >= 11 is 0. The molecule has 2 aliphatic rings. The number of fused-ring (bicyclic) bond motifs is 2. The van der Waals surface area contributed by atoms with Crippen LogP contribution >= 0.6 is 0 Å². The van der Waals surface area contributed by atoms with Crippen LogP contribution in [0.3, 0.4) is 0 Å². The van der Waals surface area contributed by atoms with Gasteiger partial charge in [-0.3, -0.25) is 0 Å². The molecular formula is C14H28N2. The Morgan fingerprint density at radius 3 is 2.19 bits per heavy atom. The van der Waals surface area contributed by atoms with Gasteiger partial charge < -0.3 is 10.2 Å². The third kappa shape index (κ3) is 2.78. The monoisotopic (exact) mass is 224 g/mol. The first-order valence-electron chi connectivity index (χ1n) is 7.19. The van der Waals surface area contributed by atoms with Crippen molar-refractivity contribution in [1.29, 1.82) is 0 Å². The summed E-state index contributed by atoms with van der Waals surface area (Å²) in [5, 5.41) is 3.73. The molecular weight excluding hydrogens is 196 g/mol. The van der Waals surface area contributed by atoms with Gasteiger partial charge in [-0.1, -0.05) is 26.7 Å². The van der Waals surface area contributed by atoms with Gasteiger partial charge in [0.15, 0.2) is 0 Å². The summed E-state index contributed by atoms with van der Waals surface area (Å²) < 4.78 is 0. The molecule has 16 heavy (non-hydrogen) atoms. The first kappa shape index (κ1) is 12.4. The lowest BCUT2D eigenvalue weighted by molar-refractivity contribution is 0.148. The fourth-order valence-electron chi connectivity index (χ4n) is 3.49. The van der Waals surface area contributed by atoms with Gasteiger partial charge in [-0.15, -0.1) is 0 Å². The van der Waals surface area contributed by atoms with Gasteiger partial charge in [-0.05, 0) is 38.6 Å². The molecule has 2 heterocycles. The van der Waals surface area contributed by atoms with E-state index >= 15 is 0 Å². The van der Waals surface area contributed by atoms with Crippen molar-refractivity contribution >= 4 is 0 Å². The molecule has 1 N–H and O–H groups in total. The molecule has 0 aromatic rings. The molecule has 0 aliphatic carbocycles. The Balaban J connectivity index is 1.82. The van der Waals surface area contributed by atoms with Crippen molar-refractivity contribution in [2.75, 3.05) is 13.6 Å². The van der Waals surface area contributed by atoms with Crippen molar-refractivity contribution in [3.8, 4) is 0 Å². The number of hydrogen-bond donors (Lipinski definition) is 1. The maximum absolute atomic E-state index is 3.73. The summed E-state index contributed by atoms with van der Waals surface area (Å²) in [6.45, 7) is 5.96. The van der Waals surface area contributed by atoms with Crippen LogP contribution in [0.1, 0.15) is 52.4 Å². The number of piperidine rings is 1. The van der Waals surface area contributed by atoms with Gasteiger partial charge in [0.05, 0.1) is 0 Å². The zero-order valence-corrected chi connectivity index (χ0v) is 11.2. The summed E-state index contributed by atoms with van der Waals surface area (Å²) in [5.74, 6) is 0.900. The predicted molar refractivity (Wildman–Crippen MR) is 69.7 cm³/mol. The molecule has 2 heteroatoms. The molecule has 0 amide bonds. The second kappa shape index (κ2) is 5.50. The van der Waals surface area contributed by atoms with Crippen molar-refractivity contribution in [2.24, 2.45) is 5.92 Å². The fraction of sp³-hybridized carbons (Fsp3) is 1.00. The molecule has 2 rings (SSSR count). The molecule has 2 fully saturated rings. The van der Waals surface area contributed by atoms with Gasteiger partial charge in [0.1, 0.15) is 0 Å². The van der Waals surface area contributed by atoms with Crippen molar-refractivity contribution in [3.05, 3.63) is 0 Å². The molecule has 0 aromatic heterocycles. The van der Waals surface area contributed by atoms with Crippen LogP contribution in [0.5, 0.6) is 0 Å². The van der Waals surface area contributed by atoms with E-state index in [1.165, 1.54) is 45.1 Å². The minimum absolute atomic E-state index is 0.827. The third-order valence-electron chi connectivity index (χ3n) is 4.77. The van der Waals surface area contributed by atoms with E-state index in [4.69, 9.17) is 0 Å². The van der Waals surface area contributed by atoms with Crippen LogP contribution in [-0.2, 0) is 0 Å². The maximum atomic E-state index is 3.73. The first-order valence-corrected chi connectivity index (χ1v) is 7.19. The van der Waals surface area contributed by atoms with Crippen molar-refractivity contribution < 1.29 is 0 Å². The molecule has 0 spiro atoms. The molecule has 2 saturated heterocycles. The lowest BCUT2D eigenvalue weighted by atomic mass is 9.96. The number of nitrogens with zero attached hydrogens (tertiary/aromatic N) is 1. The summed E-state index contributed by atoms with van der Waals surface area (Å²) in [5.41, 5.74) is 0.